The number of anilines is 1. The van der Waals surface area contributed by atoms with Crippen LogP contribution in [0.3, 0.4) is 0 Å². The Morgan fingerprint density at radius 2 is 2.33 bits per heavy atom. The van der Waals surface area contributed by atoms with E-state index in [0.29, 0.717) is 13.1 Å². The number of rotatable bonds is 5. The molecule has 0 saturated carbocycles. The molecular formula is C15H21N5O. The topological polar surface area (TPSA) is 61.7 Å². The first-order valence-corrected chi connectivity index (χ1v) is 7.48. The highest BCUT2D eigenvalue weighted by molar-refractivity contribution is 5.82. The predicted octanol–water partition coefficient (Wildman–Crippen LogP) is 0.770. The predicted molar refractivity (Wildman–Crippen MR) is 82.4 cm³/mol. The Kier molecular flexibility index (Phi) is 4.06. The molecule has 0 unspecified atom stereocenters. The van der Waals surface area contributed by atoms with Gasteiger partial charge < -0.3 is 19.9 Å². The van der Waals surface area contributed by atoms with Crippen LogP contribution in [-0.4, -0.2) is 41.5 Å². The van der Waals surface area contributed by atoms with Crippen molar-refractivity contribution in [2.75, 3.05) is 31.1 Å². The molecule has 6 nitrogen and oxygen atoms in total. The number of imidazole rings is 1. The van der Waals surface area contributed by atoms with E-state index in [1.807, 2.05) is 24.4 Å². The van der Waals surface area contributed by atoms with Gasteiger partial charge in [-0.1, -0.05) is 13.0 Å². The van der Waals surface area contributed by atoms with Crippen molar-refractivity contribution in [3.05, 3.63) is 30.1 Å². The lowest BCUT2D eigenvalue weighted by Gasteiger charge is -2.27. The minimum Gasteiger partial charge on any atom is -0.353 e. The summed E-state index contributed by atoms with van der Waals surface area (Å²) in [4.78, 5) is 18.4. The molecule has 3 rings (SSSR count). The van der Waals surface area contributed by atoms with Gasteiger partial charge in [0.2, 0.25) is 5.91 Å². The normalized spacial score (nSPS) is 15.5. The van der Waals surface area contributed by atoms with Crippen LogP contribution < -0.4 is 15.5 Å². The second kappa shape index (κ2) is 6.13. The summed E-state index contributed by atoms with van der Waals surface area (Å²) < 4.78 is 2.10. The fraction of sp³-hybridized carbons (Fsp3) is 0.467. The molecule has 0 atom stereocenters. The van der Waals surface area contributed by atoms with Gasteiger partial charge in [-0.2, -0.15) is 0 Å². The van der Waals surface area contributed by atoms with Crippen LogP contribution in [0.1, 0.15) is 19.0 Å². The minimum absolute atomic E-state index is 0.0609. The van der Waals surface area contributed by atoms with E-state index in [4.69, 9.17) is 4.98 Å². The zero-order valence-corrected chi connectivity index (χ0v) is 12.3. The molecule has 1 aliphatic heterocycles. The largest absolute Gasteiger partial charge is 0.353 e. The van der Waals surface area contributed by atoms with Crippen LogP contribution in [-0.2, 0) is 11.3 Å². The van der Waals surface area contributed by atoms with Gasteiger partial charge in [-0.15, -0.1) is 0 Å². The highest BCUT2D eigenvalue weighted by Crippen LogP contribution is 2.22. The number of pyridine rings is 1. The summed E-state index contributed by atoms with van der Waals surface area (Å²) >= 11 is 0. The lowest BCUT2D eigenvalue weighted by atomic mass is 10.3. The van der Waals surface area contributed by atoms with Gasteiger partial charge in [0.1, 0.15) is 5.65 Å². The Labute approximate surface area is 124 Å². The van der Waals surface area contributed by atoms with E-state index < -0.39 is 0 Å². The summed E-state index contributed by atoms with van der Waals surface area (Å²) in [7, 11) is 0. The molecule has 0 radical (unpaired) electrons. The number of fused-ring (bicyclic) bond motifs is 1. The lowest BCUT2D eigenvalue weighted by molar-refractivity contribution is -0.120. The lowest BCUT2D eigenvalue weighted by Crippen LogP contribution is -2.48. The Bertz CT molecular complexity index is 636. The number of nitrogens with zero attached hydrogens (tertiary/aromatic N) is 3. The molecule has 6 heteroatoms. The first-order valence-electron chi connectivity index (χ1n) is 7.48. The molecule has 1 aliphatic rings. The second-order valence-electron chi connectivity index (χ2n) is 5.26. The maximum absolute atomic E-state index is 11.6. The summed E-state index contributed by atoms with van der Waals surface area (Å²) in [5.41, 5.74) is 2.04. The van der Waals surface area contributed by atoms with Crippen LogP contribution in [0.15, 0.2) is 24.4 Å². The monoisotopic (exact) mass is 287 g/mol. The summed E-state index contributed by atoms with van der Waals surface area (Å²) in [6.07, 6.45) is 3.12. The number of hydrogen-bond acceptors (Lipinski definition) is 4. The third-order valence-electron chi connectivity index (χ3n) is 3.66. The zero-order valence-electron chi connectivity index (χ0n) is 12.3. The Morgan fingerprint density at radius 3 is 3.14 bits per heavy atom. The molecule has 21 heavy (non-hydrogen) atoms. The average molecular weight is 287 g/mol. The summed E-state index contributed by atoms with van der Waals surface area (Å²) in [5.74, 6) is 0.977. The molecular weight excluding hydrogens is 266 g/mol. The van der Waals surface area contributed by atoms with E-state index in [9.17, 15) is 4.79 Å². The molecule has 0 aromatic carbocycles. The van der Waals surface area contributed by atoms with Gasteiger partial charge in [0.05, 0.1) is 12.2 Å². The molecule has 112 valence electrons. The first kappa shape index (κ1) is 13.9. The van der Waals surface area contributed by atoms with E-state index in [1.54, 1.807) is 0 Å². The molecule has 2 aromatic heterocycles. The Balaban J connectivity index is 1.95. The van der Waals surface area contributed by atoms with Crippen LogP contribution in [0, 0.1) is 0 Å². The number of piperazine rings is 1. The van der Waals surface area contributed by atoms with Crippen molar-refractivity contribution in [1.82, 2.24) is 20.0 Å². The molecule has 3 heterocycles. The Hall–Kier alpha value is -2.08. The van der Waals surface area contributed by atoms with Gasteiger partial charge in [0, 0.05) is 25.8 Å². The first-order chi connectivity index (χ1) is 10.3. The van der Waals surface area contributed by atoms with Crippen LogP contribution in [0.2, 0.25) is 0 Å². The fourth-order valence-electron chi connectivity index (χ4n) is 2.65. The number of aromatic nitrogens is 2. The van der Waals surface area contributed by atoms with Crippen LogP contribution >= 0.6 is 0 Å². The van der Waals surface area contributed by atoms with Crippen LogP contribution in [0.5, 0.6) is 0 Å². The average Bonchev–Trinajstić information content (AvgIpc) is 2.87. The van der Waals surface area contributed by atoms with Gasteiger partial charge in [-0.05, 0) is 25.1 Å². The molecule has 1 saturated heterocycles. The van der Waals surface area contributed by atoms with Gasteiger partial charge in [0.25, 0.3) is 0 Å². The van der Waals surface area contributed by atoms with E-state index in [0.717, 1.165) is 43.2 Å². The maximum Gasteiger partial charge on any atom is 0.239 e. The number of nitrogens with one attached hydrogen (secondary N) is 2. The van der Waals surface area contributed by atoms with Gasteiger partial charge in [-0.3, -0.25) is 4.79 Å². The van der Waals surface area contributed by atoms with Gasteiger partial charge >= 0.3 is 0 Å². The standard InChI is InChI=1S/C15H21N5O/c1-2-6-16-10-12-15(19-9-7-17-14(21)11-19)18-13-5-3-4-8-20(12)13/h3-5,8,16H,2,6-7,9-11H2,1H3,(H,17,21). The molecule has 0 spiro atoms. The highest BCUT2D eigenvalue weighted by atomic mass is 16.2. The third-order valence-corrected chi connectivity index (χ3v) is 3.66. The van der Waals surface area contributed by atoms with Gasteiger partial charge in [0.15, 0.2) is 5.82 Å². The molecule has 2 aromatic rings. The maximum atomic E-state index is 11.6. The van der Waals surface area contributed by atoms with E-state index in [1.165, 1.54) is 0 Å². The fourth-order valence-corrected chi connectivity index (χ4v) is 2.65. The summed E-state index contributed by atoms with van der Waals surface area (Å²) in [5, 5.41) is 6.29. The van der Waals surface area contributed by atoms with Crippen molar-refractivity contribution < 1.29 is 4.79 Å². The van der Waals surface area contributed by atoms with Crippen molar-refractivity contribution in [3.8, 4) is 0 Å². The summed E-state index contributed by atoms with van der Waals surface area (Å²) in [6, 6.07) is 5.99. The van der Waals surface area contributed by atoms with Crippen molar-refractivity contribution in [2.24, 2.45) is 0 Å². The SMILES string of the molecule is CCCNCc1c(N2CCNC(=O)C2)nc2ccccn12. The number of carbonyl (C=O) groups is 1. The quantitative estimate of drug-likeness (QED) is 0.798. The van der Waals surface area contributed by atoms with Crippen molar-refractivity contribution >= 4 is 17.4 Å². The number of carbonyl (C=O) groups excluding carboxylic acids is 1. The number of hydrogen-bond donors (Lipinski definition) is 2. The van der Waals surface area contributed by atoms with E-state index >= 15 is 0 Å². The molecule has 1 amide bonds. The minimum atomic E-state index is 0.0609. The Morgan fingerprint density at radius 1 is 1.43 bits per heavy atom. The van der Waals surface area contributed by atoms with Crippen LogP contribution in [0.25, 0.3) is 5.65 Å². The van der Waals surface area contributed by atoms with Crippen molar-refractivity contribution in [2.45, 2.75) is 19.9 Å². The highest BCUT2D eigenvalue weighted by Gasteiger charge is 2.22. The smallest absolute Gasteiger partial charge is 0.239 e. The van der Waals surface area contributed by atoms with Crippen molar-refractivity contribution in [1.29, 1.82) is 0 Å². The molecule has 0 aliphatic carbocycles. The van der Waals surface area contributed by atoms with Gasteiger partial charge in [-0.25, -0.2) is 4.98 Å². The van der Waals surface area contributed by atoms with E-state index in [-0.39, 0.29) is 5.91 Å². The zero-order chi connectivity index (χ0) is 14.7. The summed E-state index contributed by atoms with van der Waals surface area (Å²) in [6.45, 7) is 5.74. The second-order valence-corrected chi connectivity index (χ2v) is 5.26. The third kappa shape index (κ3) is 2.85. The van der Waals surface area contributed by atoms with Crippen molar-refractivity contribution in [3.63, 3.8) is 0 Å². The number of amides is 1. The molecule has 2 N–H and O–H groups in total. The van der Waals surface area contributed by atoms with E-state index in [2.05, 4.69) is 26.9 Å². The van der Waals surface area contributed by atoms with Crippen LogP contribution in [0.4, 0.5) is 5.82 Å². The molecule has 1 fully saturated rings. The molecule has 0 bridgehead atoms.